The van der Waals surface area contributed by atoms with Crippen molar-refractivity contribution in [2.24, 2.45) is 0 Å². The summed E-state index contributed by atoms with van der Waals surface area (Å²) in [6.45, 7) is 3.51. The number of hydrogen-bond acceptors (Lipinski definition) is 3. The van der Waals surface area contributed by atoms with Gasteiger partial charge in [0.15, 0.2) is 0 Å². The van der Waals surface area contributed by atoms with Crippen LogP contribution in [0.5, 0.6) is 0 Å². The smallest absolute Gasteiger partial charge is 0.338 e. The topological polar surface area (TPSA) is 29.5 Å². The van der Waals surface area contributed by atoms with Crippen molar-refractivity contribution in [1.82, 2.24) is 4.90 Å². The summed E-state index contributed by atoms with van der Waals surface area (Å²) < 4.78 is 5.25. The molecule has 19 heavy (non-hydrogen) atoms. The molecule has 1 fully saturated rings. The van der Waals surface area contributed by atoms with Crippen LogP contribution in [0.3, 0.4) is 0 Å². The highest BCUT2D eigenvalue weighted by molar-refractivity contribution is 6.30. The first-order valence-electron chi connectivity index (χ1n) is 6.41. The first-order chi connectivity index (χ1) is 8.75. The van der Waals surface area contributed by atoms with Crippen molar-refractivity contribution < 1.29 is 9.53 Å². The van der Waals surface area contributed by atoms with E-state index in [1.54, 1.807) is 24.3 Å². The van der Waals surface area contributed by atoms with Crippen LogP contribution < -0.4 is 0 Å². The van der Waals surface area contributed by atoms with Gasteiger partial charge in [-0.3, -0.25) is 4.90 Å². The molecule has 0 amide bonds. The second-order valence-electron chi connectivity index (χ2n) is 4.55. The van der Waals surface area contributed by atoms with Crippen molar-refractivity contribution in [3.05, 3.63) is 34.9 Å². The third kappa shape index (κ3) is 5.39. The lowest BCUT2D eigenvalue weighted by Crippen LogP contribution is -2.33. The quantitative estimate of drug-likeness (QED) is 0.798. The minimum absolute atomic E-state index is 0. The summed E-state index contributed by atoms with van der Waals surface area (Å²) in [4.78, 5) is 14.1. The normalized spacial score (nSPS) is 15.6. The Labute approximate surface area is 125 Å². The van der Waals surface area contributed by atoms with E-state index in [1.165, 1.54) is 19.3 Å². The zero-order valence-electron chi connectivity index (χ0n) is 10.8. The van der Waals surface area contributed by atoms with E-state index in [2.05, 4.69) is 4.90 Å². The monoisotopic (exact) mass is 303 g/mol. The van der Waals surface area contributed by atoms with Crippen LogP contribution in [0.15, 0.2) is 24.3 Å². The number of nitrogens with zero attached hydrogens (tertiary/aromatic N) is 1. The predicted molar refractivity (Wildman–Crippen MR) is 79.3 cm³/mol. The first-order valence-corrected chi connectivity index (χ1v) is 6.78. The van der Waals surface area contributed by atoms with E-state index in [9.17, 15) is 4.79 Å². The number of ether oxygens (including phenoxy) is 1. The summed E-state index contributed by atoms with van der Waals surface area (Å²) in [6.07, 6.45) is 3.82. The zero-order chi connectivity index (χ0) is 12.8. The van der Waals surface area contributed by atoms with Gasteiger partial charge in [0.05, 0.1) is 5.56 Å². The Morgan fingerprint density at radius 2 is 2.00 bits per heavy atom. The summed E-state index contributed by atoms with van der Waals surface area (Å²) in [5.41, 5.74) is 0.515. The Balaban J connectivity index is 0.00000180. The van der Waals surface area contributed by atoms with Crippen LogP contribution in [0.25, 0.3) is 0 Å². The summed E-state index contributed by atoms with van der Waals surface area (Å²) in [5.74, 6) is -0.297. The van der Waals surface area contributed by atoms with Crippen molar-refractivity contribution >= 4 is 30.0 Å². The van der Waals surface area contributed by atoms with Gasteiger partial charge in [-0.25, -0.2) is 4.79 Å². The van der Waals surface area contributed by atoms with E-state index in [0.29, 0.717) is 17.2 Å². The molecule has 0 saturated carbocycles. The van der Waals surface area contributed by atoms with Gasteiger partial charge in [0.25, 0.3) is 0 Å². The molecule has 1 aromatic carbocycles. The van der Waals surface area contributed by atoms with E-state index in [0.717, 1.165) is 19.6 Å². The second kappa shape index (κ2) is 8.41. The number of hydrogen-bond donors (Lipinski definition) is 0. The van der Waals surface area contributed by atoms with Gasteiger partial charge in [0, 0.05) is 11.6 Å². The molecule has 1 saturated heterocycles. The first kappa shape index (κ1) is 16.3. The highest BCUT2D eigenvalue weighted by atomic mass is 35.5. The molecule has 0 aliphatic carbocycles. The molecule has 1 aromatic rings. The van der Waals surface area contributed by atoms with E-state index in [4.69, 9.17) is 16.3 Å². The van der Waals surface area contributed by atoms with Crippen molar-refractivity contribution in [1.29, 1.82) is 0 Å². The Morgan fingerprint density at radius 1 is 1.26 bits per heavy atom. The van der Waals surface area contributed by atoms with Crippen LogP contribution >= 0.6 is 24.0 Å². The molecular formula is C14H19Cl2NO2. The fourth-order valence-corrected chi connectivity index (χ4v) is 2.34. The van der Waals surface area contributed by atoms with E-state index < -0.39 is 0 Å². The minimum Gasteiger partial charge on any atom is -0.461 e. The van der Waals surface area contributed by atoms with Gasteiger partial charge < -0.3 is 4.74 Å². The number of carbonyl (C=O) groups excluding carboxylic acids is 1. The number of piperidine rings is 1. The Hall–Kier alpha value is -0.770. The van der Waals surface area contributed by atoms with Crippen molar-refractivity contribution in [3.8, 4) is 0 Å². The average molecular weight is 304 g/mol. The van der Waals surface area contributed by atoms with Gasteiger partial charge >= 0.3 is 5.97 Å². The maximum Gasteiger partial charge on any atom is 0.338 e. The summed E-state index contributed by atoms with van der Waals surface area (Å²) in [6, 6.07) is 6.84. The number of rotatable bonds is 4. The standard InChI is InChI=1S/C14H18ClNO2.ClH/c15-13-6-4-5-12(11-13)14(17)18-10-9-16-7-2-1-3-8-16;/h4-6,11H,1-3,7-10H2;1H. The molecule has 0 atom stereocenters. The van der Waals surface area contributed by atoms with Crippen LogP contribution in [0.2, 0.25) is 5.02 Å². The third-order valence-corrected chi connectivity index (χ3v) is 3.38. The molecule has 0 aromatic heterocycles. The Kier molecular flexibility index (Phi) is 7.21. The van der Waals surface area contributed by atoms with Crippen LogP contribution in [-0.2, 0) is 4.74 Å². The number of halogens is 2. The number of benzene rings is 1. The maximum absolute atomic E-state index is 11.7. The van der Waals surface area contributed by atoms with Gasteiger partial charge in [-0.15, -0.1) is 12.4 Å². The lowest BCUT2D eigenvalue weighted by Gasteiger charge is -2.25. The largest absolute Gasteiger partial charge is 0.461 e. The van der Waals surface area contributed by atoms with E-state index in [1.807, 2.05) is 0 Å². The molecular weight excluding hydrogens is 285 g/mol. The molecule has 1 aliphatic rings. The molecule has 1 aliphatic heterocycles. The summed E-state index contributed by atoms with van der Waals surface area (Å²) in [7, 11) is 0. The molecule has 0 unspecified atom stereocenters. The molecule has 2 rings (SSSR count). The molecule has 106 valence electrons. The van der Waals surface area contributed by atoms with Crippen molar-refractivity contribution in [2.45, 2.75) is 19.3 Å². The molecule has 5 heteroatoms. The van der Waals surface area contributed by atoms with Crippen LogP contribution in [0, 0.1) is 0 Å². The number of carbonyl (C=O) groups is 1. The van der Waals surface area contributed by atoms with Crippen LogP contribution in [0.1, 0.15) is 29.6 Å². The predicted octanol–water partition coefficient (Wildman–Crippen LogP) is 3.40. The van der Waals surface area contributed by atoms with E-state index >= 15 is 0 Å². The fourth-order valence-electron chi connectivity index (χ4n) is 2.15. The number of likely N-dealkylation sites (tertiary alicyclic amines) is 1. The van der Waals surface area contributed by atoms with Crippen molar-refractivity contribution in [3.63, 3.8) is 0 Å². The molecule has 0 N–H and O–H groups in total. The van der Waals surface area contributed by atoms with Crippen molar-refractivity contribution in [2.75, 3.05) is 26.2 Å². The van der Waals surface area contributed by atoms with Gasteiger partial charge in [0.2, 0.25) is 0 Å². The fraction of sp³-hybridized carbons (Fsp3) is 0.500. The minimum atomic E-state index is -0.297. The second-order valence-corrected chi connectivity index (χ2v) is 4.99. The molecule has 1 heterocycles. The maximum atomic E-state index is 11.7. The number of esters is 1. The van der Waals surface area contributed by atoms with Gasteiger partial charge in [0.1, 0.15) is 6.61 Å². The lowest BCUT2D eigenvalue weighted by atomic mass is 10.1. The van der Waals surface area contributed by atoms with Crippen LogP contribution in [-0.4, -0.2) is 37.1 Å². The highest BCUT2D eigenvalue weighted by Crippen LogP contribution is 2.12. The van der Waals surface area contributed by atoms with Gasteiger partial charge in [-0.2, -0.15) is 0 Å². The van der Waals surface area contributed by atoms with Gasteiger partial charge in [-0.05, 0) is 44.1 Å². The third-order valence-electron chi connectivity index (χ3n) is 3.15. The summed E-state index contributed by atoms with van der Waals surface area (Å²) >= 11 is 5.83. The van der Waals surface area contributed by atoms with Gasteiger partial charge in [-0.1, -0.05) is 24.1 Å². The Morgan fingerprint density at radius 3 is 2.68 bits per heavy atom. The molecule has 3 nitrogen and oxygen atoms in total. The Bertz CT molecular complexity index is 406. The summed E-state index contributed by atoms with van der Waals surface area (Å²) in [5, 5.41) is 0.556. The van der Waals surface area contributed by atoms with Crippen LogP contribution in [0.4, 0.5) is 0 Å². The highest BCUT2D eigenvalue weighted by Gasteiger charge is 2.11. The molecule has 0 spiro atoms. The molecule has 0 bridgehead atoms. The SMILES string of the molecule is Cl.O=C(OCCN1CCCCC1)c1cccc(Cl)c1. The zero-order valence-corrected chi connectivity index (χ0v) is 12.4. The lowest BCUT2D eigenvalue weighted by molar-refractivity contribution is 0.0452. The molecule has 0 radical (unpaired) electrons. The average Bonchev–Trinajstić information content (AvgIpc) is 2.40. The van der Waals surface area contributed by atoms with E-state index in [-0.39, 0.29) is 18.4 Å².